The highest BCUT2D eigenvalue weighted by Gasteiger charge is 2.32. The Morgan fingerprint density at radius 2 is 1.93 bits per heavy atom. The molecule has 3 N–H and O–H groups in total. The maximum Gasteiger partial charge on any atom is 0.338 e. The van der Waals surface area contributed by atoms with Gasteiger partial charge < -0.3 is 30.1 Å². The largest absolute Gasteiger partial charge is 0.491 e. The van der Waals surface area contributed by atoms with Gasteiger partial charge >= 0.3 is 12.0 Å². The number of benzene rings is 1. The van der Waals surface area contributed by atoms with Gasteiger partial charge in [0.05, 0.1) is 18.2 Å². The summed E-state index contributed by atoms with van der Waals surface area (Å²) in [7, 11) is 0. The number of nitrogens with zero attached hydrogens (tertiary/aromatic N) is 1. The summed E-state index contributed by atoms with van der Waals surface area (Å²) in [5.41, 5.74) is 1.60. The fourth-order valence-corrected chi connectivity index (χ4v) is 3.86. The summed E-state index contributed by atoms with van der Waals surface area (Å²) in [5.74, 6) is 0.156. The molecule has 0 spiro atoms. The van der Waals surface area contributed by atoms with Gasteiger partial charge in [0.2, 0.25) is 0 Å². The second-order valence-corrected chi connectivity index (χ2v) is 7.69. The fraction of sp³-hybridized carbons (Fsp3) is 0.545. The van der Waals surface area contributed by atoms with Crippen LogP contribution in [0.1, 0.15) is 44.7 Å². The molecule has 1 saturated heterocycles. The molecular formula is C22H31N3O5. The van der Waals surface area contributed by atoms with Crippen molar-refractivity contribution in [2.24, 2.45) is 0 Å². The van der Waals surface area contributed by atoms with Crippen molar-refractivity contribution in [3.05, 3.63) is 41.1 Å². The van der Waals surface area contributed by atoms with Crippen LogP contribution in [0.15, 0.2) is 35.5 Å². The van der Waals surface area contributed by atoms with Crippen molar-refractivity contribution in [2.45, 2.75) is 45.3 Å². The van der Waals surface area contributed by atoms with E-state index in [4.69, 9.17) is 9.47 Å². The zero-order chi connectivity index (χ0) is 21.5. The molecule has 2 atom stereocenters. The molecule has 164 valence electrons. The molecule has 2 amide bonds. The number of urea groups is 1. The molecule has 1 fully saturated rings. The summed E-state index contributed by atoms with van der Waals surface area (Å²) in [6, 6.07) is 6.18. The maximum absolute atomic E-state index is 12.4. The number of rotatable bonds is 8. The summed E-state index contributed by atoms with van der Waals surface area (Å²) in [5, 5.41) is 15.6. The summed E-state index contributed by atoms with van der Waals surface area (Å²) in [6.07, 6.45) is 3.08. The highest BCUT2D eigenvalue weighted by Crippen LogP contribution is 2.28. The molecule has 0 aliphatic carbocycles. The Labute approximate surface area is 177 Å². The van der Waals surface area contributed by atoms with Crippen molar-refractivity contribution in [3.63, 3.8) is 0 Å². The number of likely N-dealkylation sites (tertiary alicyclic amines) is 1. The van der Waals surface area contributed by atoms with Crippen LogP contribution in [0.25, 0.3) is 0 Å². The number of esters is 1. The third-order valence-corrected chi connectivity index (χ3v) is 5.34. The van der Waals surface area contributed by atoms with Gasteiger partial charge in [-0.05, 0) is 57.5 Å². The minimum atomic E-state index is -0.600. The Hall–Kier alpha value is -2.58. The lowest BCUT2D eigenvalue weighted by atomic mass is 9.95. The highest BCUT2D eigenvalue weighted by molar-refractivity contribution is 5.95. The number of allylic oxidation sites excluding steroid dienone is 1. The van der Waals surface area contributed by atoms with E-state index in [9.17, 15) is 14.7 Å². The lowest BCUT2D eigenvalue weighted by Crippen LogP contribution is -2.45. The summed E-state index contributed by atoms with van der Waals surface area (Å²) in [4.78, 5) is 26.6. The lowest BCUT2D eigenvalue weighted by molar-refractivity contribution is -0.139. The molecule has 8 nitrogen and oxygen atoms in total. The first-order chi connectivity index (χ1) is 14.5. The van der Waals surface area contributed by atoms with Gasteiger partial charge in [-0.25, -0.2) is 9.59 Å². The van der Waals surface area contributed by atoms with E-state index < -0.39 is 18.1 Å². The van der Waals surface area contributed by atoms with Gasteiger partial charge in [-0.15, -0.1) is 0 Å². The van der Waals surface area contributed by atoms with Crippen molar-refractivity contribution in [1.29, 1.82) is 0 Å². The molecule has 2 heterocycles. The number of piperidine rings is 1. The van der Waals surface area contributed by atoms with E-state index in [0.29, 0.717) is 23.6 Å². The van der Waals surface area contributed by atoms with Gasteiger partial charge in [0.1, 0.15) is 18.5 Å². The Balaban J connectivity index is 1.61. The van der Waals surface area contributed by atoms with Crippen LogP contribution >= 0.6 is 0 Å². The topological polar surface area (TPSA) is 100 Å². The molecule has 30 heavy (non-hydrogen) atoms. The number of β-amino-alcohol motifs (C(OH)–C–C–N with tert-alkyl or cyclic N) is 1. The number of amides is 2. The number of hydrogen-bond acceptors (Lipinski definition) is 6. The van der Waals surface area contributed by atoms with Crippen molar-refractivity contribution in [2.75, 3.05) is 32.8 Å². The number of aliphatic hydroxyl groups excluding tert-OH is 1. The van der Waals surface area contributed by atoms with Gasteiger partial charge in [0.25, 0.3) is 0 Å². The van der Waals surface area contributed by atoms with Crippen LogP contribution in [0, 0.1) is 0 Å². The Bertz CT molecular complexity index is 771. The smallest absolute Gasteiger partial charge is 0.338 e. The normalized spacial score (nSPS) is 20.9. The number of nitrogens with one attached hydrogen (secondary N) is 2. The standard InChI is InChI=1S/C22H31N3O5/c1-3-29-21(27)19-15(2)23-22(28)24-20(19)16-7-9-18(10-8-16)30-14-17(26)13-25-11-5-4-6-12-25/h7-10,17,20,26H,3-6,11-14H2,1-2H3,(H2,23,24,28). The monoisotopic (exact) mass is 417 g/mol. The second-order valence-electron chi connectivity index (χ2n) is 7.69. The van der Waals surface area contributed by atoms with Crippen LogP contribution in [-0.4, -0.2) is 61.0 Å². The molecule has 8 heteroatoms. The van der Waals surface area contributed by atoms with Crippen LogP contribution in [0.2, 0.25) is 0 Å². The predicted octanol–water partition coefficient (Wildman–Crippen LogP) is 2.10. The first-order valence-corrected chi connectivity index (χ1v) is 10.6. The van der Waals surface area contributed by atoms with Crippen molar-refractivity contribution in [1.82, 2.24) is 15.5 Å². The molecule has 0 aromatic heterocycles. The van der Waals surface area contributed by atoms with Crippen LogP contribution < -0.4 is 15.4 Å². The molecule has 2 aliphatic heterocycles. The maximum atomic E-state index is 12.4. The molecule has 1 aromatic rings. The molecule has 0 radical (unpaired) electrons. The number of ether oxygens (including phenoxy) is 2. The van der Waals surface area contributed by atoms with Gasteiger partial charge in [0, 0.05) is 12.2 Å². The van der Waals surface area contributed by atoms with Gasteiger partial charge in [-0.1, -0.05) is 18.6 Å². The first-order valence-electron chi connectivity index (χ1n) is 10.6. The minimum absolute atomic E-state index is 0.215. The molecular weight excluding hydrogens is 386 g/mol. The predicted molar refractivity (Wildman–Crippen MR) is 112 cm³/mol. The zero-order valence-corrected chi connectivity index (χ0v) is 17.6. The van der Waals surface area contributed by atoms with E-state index in [1.807, 2.05) is 0 Å². The minimum Gasteiger partial charge on any atom is -0.491 e. The molecule has 2 unspecified atom stereocenters. The number of aliphatic hydroxyl groups is 1. The van der Waals surface area contributed by atoms with Crippen molar-refractivity contribution in [3.8, 4) is 5.75 Å². The van der Waals surface area contributed by atoms with Crippen molar-refractivity contribution < 1.29 is 24.2 Å². The van der Waals surface area contributed by atoms with Crippen LogP contribution in [-0.2, 0) is 9.53 Å². The second kappa shape index (κ2) is 10.4. The fourth-order valence-electron chi connectivity index (χ4n) is 3.86. The van der Waals surface area contributed by atoms with E-state index in [0.717, 1.165) is 18.7 Å². The molecule has 2 aliphatic rings. The molecule has 3 rings (SSSR count). The summed E-state index contributed by atoms with van der Waals surface area (Å²) < 4.78 is 10.9. The average molecular weight is 418 g/mol. The average Bonchev–Trinajstić information content (AvgIpc) is 2.73. The van der Waals surface area contributed by atoms with E-state index in [1.165, 1.54) is 19.3 Å². The highest BCUT2D eigenvalue weighted by atomic mass is 16.5. The van der Waals surface area contributed by atoms with Gasteiger partial charge in [0.15, 0.2) is 0 Å². The summed E-state index contributed by atoms with van der Waals surface area (Å²) in [6.45, 7) is 6.57. The van der Waals surface area contributed by atoms with Gasteiger partial charge in [-0.3, -0.25) is 0 Å². The number of carbonyl (C=O) groups excluding carboxylic acids is 2. The zero-order valence-electron chi connectivity index (χ0n) is 17.6. The number of hydrogen-bond donors (Lipinski definition) is 3. The van der Waals surface area contributed by atoms with Crippen LogP contribution in [0.5, 0.6) is 5.75 Å². The molecule has 0 saturated carbocycles. The van der Waals surface area contributed by atoms with E-state index in [2.05, 4.69) is 15.5 Å². The first kappa shape index (κ1) is 22.1. The third-order valence-electron chi connectivity index (χ3n) is 5.34. The van der Waals surface area contributed by atoms with Crippen LogP contribution in [0.3, 0.4) is 0 Å². The third kappa shape index (κ3) is 5.73. The Morgan fingerprint density at radius 1 is 1.23 bits per heavy atom. The van der Waals surface area contributed by atoms with E-state index in [-0.39, 0.29) is 19.2 Å². The lowest BCUT2D eigenvalue weighted by Gasteiger charge is -2.28. The van der Waals surface area contributed by atoms with Gasteiger partial charge in [-0.2, -0.15) is 0 Å². The Kier molecular flexibility index (Phi) is 7.70. The van der Waals surface area contributed by atoms with Crippen LogP contribution in [0.4, 0.5) is 4.79 Å². The molecule has 0 bridgehead atoms. The SMILES string of the molecule is CCOC(=O)C1=C(C)NC(=O)NC1c1ccc(OCC(O)CN2CCCCC2)cc1. The molecule has 1 aromatic carbocycles. The Morgan fingerprint density at radius 3 is 2.60 bits per heavy atom. The van der Waals surface area contributed by atoms with Crippen molar-refractivity contribution >= 4 is 12.0 Å². The summed E-state index contributed by atoms with van der Waals surface area (Å²) >= 11 is 0. The number of carbonyl (C=O) groups is 2. The van der Waals surface area contributed by atoms with E-state index in [1.54, 1.807) is 38.1 Å². The quantitative estimate of drug-likeness (QED) is 0.560. The van der Waals surface area contributed by atoms with E-state index >= 15 is 0 Å².